The molecule has 1 aliphatic rings. The number of rotatable bonds is 6. The Balaban J connectivity index is 1.90. The van der Waals surface area contributed by atoms with Crippen LogP contribution in [0.2, 0.25) is 0 Å². The number of nitrogens with two attached hydrogens (primary N) is 1. The first-order valence-electron chi connectivity index (χ1n) is 6.98. The number of hydrogen-bond acceptors (Lipinski definition) is 4. The summed E-state index contributed by atoms with van der Waals surface area (Å²) >= 11 is 0. The standard InChI is InChI=1S/C14H21N3O3S/c1-11(9-17-8-2-3-14(17)18)16-21(19,20)10-12-4-6-13(15)7-5-12/h4-7,11,16H,2-3,8-10,15H2,1H3. The number of carbonyl (C=O) groups excluding carboxylic acids is 1. The summed E-state index contributed by atoms with van der Waals surface area (Å²) in [6.07, 6.45) is 1.41. The number of hydrogen-bond donors (Lipinski definition) is 2. The van der Waals surface area contributed by atoms with E-state index < -0.39 is 10.0 Å². The van der Waals surface area contributed by atoms with Gasteiger partial charge in [0.1, 0.15) is 0 Å². The van der Waals surface area contributed by atoms with Gasteiger partial charge in [-0.3, -0.25) is 4.79 Å². The van der Waals surface area contributed by atoms with Gasteiger partial charge in [0.15, 0.2) is 0 Å². The fourth-order valence-corrected chi connectivity index (χ4v) is 3.85. The third kappa shape index (κ3) is 4.71. The molecule has 0 aromatic heterocycles. The Morgan fingerprint density at radius 3 is 2.57 bits per heavy atom. The van der Waals surface area contributed by atoms with Gasteiger partial charge in [0.25, 0.3) is 0 Å². The molecule has 1 saturated heterocycles. The normalized spacial score (nSPS) is 17.2. The van der Waals surface area contributed by atoms with Crippen LogP contribution < -0.4 is 10.5 Å². The van der Waals surface area contributed by atoms with Crippen molar-refractivity contribution in [2.24, 2.45) is 0 Å². The van der Waals surface area contributed by atoms with E-state index in [2.05, 4.69) is 4.72 Å². The third-order valence-corrected chi connectivity index (χ3v) is 4.86. The summed E-state index contributed by atoms with van der Waals surface area (Å²) < 4.78 is 26.8. The van der Waals surface area contributed by atoms with Crippen molar-refractivity contribution in [3.63, 3.8) is 0 Å². The molecule has 1 aromatic rings. The van der Waals surface area contributed by atoms with Crippen LogP contribution in [-0.4, -0.2) is 38.4 Å². The molecule has 1 aliphatic heterocycles. The van der Waals surface area contributed by atoms with E-state index in [1.54, 1.807) is 36.1 Å². The lowest BCUT2D eigenvalue weighted by Gasteiger charge is -2.21. The lowest BCUT2D eigenvalue weighted by atomic mass is 10.2. The second-order valence-electron chi connectivity index (χ2n) is 5.46. The molecular weight excluding hydrogens is 290 g/mol. The molecule has 6 nitrogen and oxygen atoms in total. The minimum atomic E-state index is -3.43. The van der Waals surface area contributed by atoms with Crippen molar-refractivity contribution in [3.05, 3.63) is 29.8 Å². The summed E-state index contributed by atoms with van der Waals surface area (Å²) in [7, 11) is -3.43. The van der Waals surface area contributed by atoms with Gasteiger partial charge in [0.2, 0.25) is 15.9 Å². The Morgan fingerprint density at radius 1 is 1.33 bits per heavy atom. The van der Waals surface area contributed by atoms with E-state index in [1.807, 2.05) is 0 Å². The minimum absolute atomic E-state index is 0.0917. The summed E-state index contributed by atoms with van der Waals surface area (Å²) in [6.45, 7) is 2.90. The quantitative estimate of drug-likeness (QED) is 0.756. The zero-order chi connectivity index (χ0) is 15.5. The maximum atomic E-state index is 12.1. The maximum absolute atomic E-state index is 12.1. The van der Waals surface area contributed by atoms with Gasteiger partial charge in [-0.1, -0.05) is 12.1 Å². The Kier molecular flexibility index (Phi) is 4.84. The SMILES string of the molecule is CC(CN1CCCC1=O)NS(=O)(=O)Cc1ccc(N)cc1. The molecule has 0 saturated carbocycles. The summed E-state index contributed by atoms with van der Waals surface area (Å²) in [5.41, 5.74) is 6.86. The van der Waals surface area contributed by atoms with Crippen LogP contribution >= 0.6 is 0 Å². The van der Waals surface area contributed by atoms with E-state index >= 15 is 0 Å². The zero-order valence-corrected chi connectivity index (χ0v) is 12.9. The first kappa shape index (κ1) is 15.8. The molecule has 0 radical (unpaired) electrons. The molecule has 1 fully saturated rings. The van der Waals surface area contributed by atoms with Gasteiger partial charge >= 0.3 is 0 Å². The van der Waals surface area contributed by atoms with Crippen molar-refractivity contribution in [1.82, 2.24) is 9.62 Å². The molecule has 7 heteroatoms. The molecule has 1 atom stereocenters. The molecule has 0 bridgehead atoms. The molecule has 0 aliphatic carbocycles. The molecule has 1 aromatic carbocycles. The highest BCUT2D eigenvalue weighted by Crippen LogP contribution is 2.12. The van der Waals surface area contributed by atoms with Gasteiger partial charge in [-0.15, -0.1) is 0 Å². The lowest BCUT2D eigenvalue weighted by molar-refractivity contribution is -0.127. The summed E-state index contributed by atoms with van der Waals surface area (Å²) in [5.74, 6) is 0.00514. The van der Waals surface area contributed by atoms with E-state index in [-0.39, 0.29) is 17.7 Å². The molecule has 21 heavy (non-hydrogen) atoms. The number of nitrogen functional groups attached to an aromatic ring is 1. The second kappa shape index (κ2) is 6.44. The molecular formula is C14H21N3O3S. The number of likely N-dealkylation sites (tertiary alicyclic amines) is 1. The number of anilines is 1. The van der Waals surface area contributed by atoms with Crippen LogP contribution in [-0.2, 0) is 20.6 Å². The first-order chi connectivity index (χ1) is 9.85. The van der Waals surface area contributed by atoms with Gasteiger partial charge < -0.3 is 10.6 Å². The highest BCUT2D eigenvalue weighted by Gasteiger charge is 2.23. The van der Waals surface area contributed by atoms with Crippen LogP contribution in [0.15, 0.2) is 24.3 Å². The van der Waals surface area contributed by atoms with Gasteiger partial charge in [0, 0.05) is 31.2 Å². The van der Waals surface area contributed by atoms with Crippen molar-refractivity contribution in [2.75, 3.05) is 18.8 Å². The zero-order valence-electron chi connectivity index (χ0n) is 12.1. The Hall–Kier alpha value is -1.60. The van der Waals surface area contributed by atoms with E-state index in [4.69, 9.17) is 5.73 Å². The fourth-order valence-electron chi connectivity index (χ4n) is 2.45. The number of carbonyl (C=O) groups is 1. The van der Waals surface area contributed by atoms with Crippen LogP contribution in [0, 0.1) is 0 Å². The average Bonchev–Trinajstić information content (AvgIpc) is 2.77. The molecule has 3 N–H and O–H groups in total. The van der Waals surface area contributed by atoms with Crippen LogP contribution in [0.5, 0.6) is 0 Å². The monoisotopic (exact) mass is 311 g/mol. The Labute approximate surface area is 125 Å². The van der Waals surface area contributed by atoms with Crippen molar-refractivity contribution >= 4 is 21.6 Å². The first-order valence-corrected chi connectivity index (χ1v) is 8.63. The van der Waals surface area contributed by atoms with Gasteiger partial charge in [-0.25, -0.2) is 13.1 Å². The Morgan fingerprint density at radius 2 is 2.00 bits per heavy atom. The predicted molar refractivity (Wildman–Crippen MR) is 81.9 cm³/mol. The second-order valence-corrected chi connectivity index (χ2v) is 7.22. The molecule has 1 heterocycles. The summed E-state index contributed by atoms with van der Waals surface area (Å²) in [4.78, 5) is 13.2. The van der Waals surface area contributed by atoms with E-state index in [0.29, 0.717) is 30.8 Å². The maximum Gasteiger partial charge on any atom is 0.222 e. The number of sulfonamides is 1. The molecule has 2 rings (SSSR count). The van der Waals surface area contributed by atoms with Crippen LogP contribution in [0.3, 0.4) is 0 Å². The summed E-state index contributed by atoms with van der Waals surface area (Å²) in [6, 6.07) is 6.45. The molecule has 0 spiro atoms. The molecule has 116 valence electrons. The average molecular weight is 311 g/mol. The van der Waals surface area contributed by atoms with E-state index in [0.717, 1.165) is 6.42 Å². The van der Waals surface area contributed by atoms with Crippen molar-refractivity contribution in [3.8, 4) is 0 Å². The van der Waals surface area contributed by atoms with Gasteiger partial charge in [-0.05, 0) is 31.0 Å². The third-order valence-electron chi connectivity index (χ3n) is 3.38. The van der Waals surface area contributed by atoms with Crippen molar-refractivity contribution in [2.45, 2.75) is 31.6 Å². The number of nitrogens with one attached hydrogen (secondary N) is 1. The number of nitrogens with zero attached hydrogens (tertiary/aromatic N) is 1. The number of benzene rings is 1. The highest BCUT2D eigenvalue weighted by molar-refractivity contribution is 7.88. The number of amides is 1. The van der Waals surface area contributed by atoms with E-state index in [9.17, 15) is 13.2 Å². The van der Waals surface area contributed by atoms with Crippen molar-refractivity contribution < 1.29 is 13.2 Å². The minimum Gasteiger partial charge on any atom is -0.399 e. The van der Waals surface area contributed by atoms with E-state index in [1.165, 1.54) is 0 Å². The van der Waals surface area contributed by atoms with Crippen molar-refractivity contribution in [1.29, 1.82) is 0 Å². The van der Waals surface area contributed by atoms with Gasteiger partial charge in [-0.2, -0.15) is 0 Å². The Bertz CT molecular complexity index is 598. The highest BCUT2D eigenvalue weighted by atomic mass is 32.2. The van der Waals surface area contributed by atoms with Crippen LogP contribution in [0.1, 0.15) is 25.3 Å². The van der Waals surface area contributed by atoms with Crippen LogP contribution in [0.4, 0.5) is 5.69 Å². The predicted octanol–water partition coefficient (Wildman–Crippen LogP) is 0.699. The topological polar surface area (TPSA) is 92.5 Å². The lowest BCUT2D eigenvalue weighted by Crippen LogP contribution is -2.42. The summed E-state index contributed by atoms with van der Waals surface area (Å²) in [5, 5.41) is 0. The molecule has 1 unspecified atom stereocenters. The fraction of sp³-hybridized carbons (Fsp3) is 0.500. The largest absolute Gasteiger partial charge is 0.399 e. The molecule has 1 amide bonds. The van der Waals surface area contributed by atoms with Gasteiger partial charge in [0.05, 0.1) is 5.75 Å². The van der Waals surface area contributed by atoms with Crippen LogP contribution in [0.25, 0.3) is 0 Å². The smallest absolute Gasteiger partial charge is 0.222 e.